The summed E-state index contributed by atoms with van der Waals surface area (Å²) in [6.07, 6.45) is 3.51. The molecule has 0 atom stereocenters. The van der Waals surface area contributed by atoms with Gasteiger partial charge in [-0.2, -0.15) is 0 Å². The molecule has 2 aromatic rings. The Morgan fingerprint density at radius 2 is 1.85 bits per heavy atom. The third-order valence-corrected chi connectivity index (χ3v) is 5.01. The summed E-state index contributed by atoms with van der Waals surface area (Å²) in [6, 6.07) is 0. The topological polar surface area (TPSA) is 94.5 Å². The van der Waals surface area contributed by atoms with Crippen LogP contribution in [0.15, 0.2) is 26.5 Å². The number of fused-ring (bicyclic) bond motifs is 1. The van der Waals surface area contributed by atoms with Gasteiger partial charge in [0.25, 0.3) is 5.56 Å². The highest BCUT2D eigenvalue weighted by atomic mass is 16.3. The Morgan fingerprint density at radius 1 is 1.19 bits per heavy atom. The summed E-state index contributed by atoms with van der Waals surface area (Å²) in [5, 5.41) is 4.51. The minimum absolute atomic E-state index is 0.116. The van der Waals surface area contributed by atoms with E-state index in [-0.39, 0.29) is 17.2 Å². The number of aromatic nitrogens is 4. The Morgan fingerprint density at radius 3 is 2.42 bits per heavy atom. The largest absolute Gasteiger partial charge is 0.332 e. The van der Waals surface area contributed by atoms with Gasteiger partial charge in [0, 0.05) is 39.6 Å². The number of piperidine rings is 1. The van der Waals surface area contributed by atoms with E-state index in [2.05, 4.69) is 10.3 Å². The lowest BCUT2D eigenvalue weighted by Gasteiger charge is -2.27. The van der Waals surface area contributed by atoms with E-state index in [1.807, 2.05) is 24.5 Å². The molecular weight excluding hydrogens is 336 g/mol. The van der Waals surface area contributed by atoms with Crippen LogP contribution in [-0.4, -0.2) is 36.8 Å². The van der Waals surface area contributed by atoms with Crippen molar-refractivity contribution in [3.05, 3.63) is 43.2 Å². The van der Waals surface area contributed by atoms with Crippen molar-refractivity contribution in [2.45, 2.75) is 39.2 Å². The highest BCUT2D eigenvalue weighted by Crippen LogP contribution is 2.29. The van der Waals surface area contributed by atoms with Crippen molar-refractivity contribution in [1.82, 2.24) is 23.7 Å². The van der Waals surface area contributed by atoms with Crippen LogP contribution in [0.25, 0.3) is 11.2 Å². The summed E-state index contributed by atoms with van der Waals surface area (Å²) in [5.41, 5.74) is 1.26. The van der Waals surface area contributed by atoms with E-state index < -0.39 is 0 Å². The van der Waals surface area contributed by atoms with E-state index >= 15 is 0 Å². The Kier molecular flexibility index (Phi) is 4.80. The van der Waals surface area contributed by atoms with Crippen molar-refractivity contribution in [2.75, 3.05) is 13.1 Å². The van der Waals surface area contributed by atoms with E-state index in [1.165, 1.54) is 16.6 Å². The lowest BCUT2D eigenvalue weighted by atomic mass is 9.97. The quantitative estimate of drug-likeness (QED) is 0.604. The van der Waals surface area contributed by atoms with Crippen LogP contribution in [0.5, 0.6) is 0 Å². The molecule has 0 spiro atoms. The monoisotopic (exact) mass is 360 g/mol. The molecule has 1 fully saturated rings. The van der Waals surface area contributed by atoms with Crippen LogP contribution in [0.4, 0.5) is 0 Å². The molecule has 1 aliphatic rings. The predicted octanol–water partition coefficient (Wildman–Crippen LogP) is 1.26. The first-order valence-electron chi connectivity index (χ1n) is 8.72. The van der Waals surface area contributed by atoms with Crippen LogP contribution in [-0.2, 0) is 20.6 Å². The van der Waals surface area contributed by atoms with Crippen molar-refractivity contribution in [3.8, 4) is 0 Å². The van der Waals surface area contributed by atoms with Crippen molar-refractivity contribution in [1.29, 1.82) is 0 Å². The van der Waals surface area contributed by atoms with E-state index in [9.17, 15) is 14.5 Å². The minimum Gasteiger partial charge on any atom is -0.318 e. The molecule has 0 aromatic carbocycles. The number of nitroso groups, excluding NO2 is 1. The zero-order valence-electron chi connectivity index (χ0n) is 15.6. The van der Waals surface area contributed by atoms with Gasteiger partial charge in [-0.25, -0.2) is 9.78 Å². The third kappa shape index (κ3) is 2.97. The highest BCUT2D eigenvalue weighted by molar-refractivity contribution is 5.71. The lowest BCUT2D eigenvalue weighted by molar-refractivity contribution is 0.213. The predicted molar refractivity (Wildman–Crippen MR) is 99.0 cm³/mol. The van der Waals surface area contributed by atoms with Gasteiger partial charge in [0.05, 0.1) is 5.29 Å². The number of rotatable bonds is 4. The molecule has 1 saturated heterocycles. The zero-order chi connectivity index (χ0) is 19.0. The zero-order valence-corrected chi connectivity index (χ0v) is 15.6. The molecule has 0 radical (unpaired) electrons. The number of nitrogens with zero attached hydrogens (tertiary/aromatic N) is 6. The molecule has 0 amide bonds. The van der Waals surface area contributed by atoms with E-state index in [4.69, 9.17) is 0 Å². The molecule has 3 rings (SSSR count). The van der Waals surface area contributed by atoms with Crippen molar-refractivity contribution in [3.63, 3.8) is 0 Å². The number of hydrogen-bond acceptors (Lipinski definition) is 5. The van der Waals surface area contributed by atoms with Crippen molar-refractivity contribution < 1.29 is 0 Å². The third-order valence-electron chi connectivity index (χ3n) is 5.01. The second kappa shape index (κ2) is 6.89. The van der Waals surface area contributed by atoms with E-state index in [1.54, 1.807) is 7.05 Å². The number of aryl methyl sites for hydroxylation is 1. The molecule has 9 nitrogen and oxygen atoms in total. The van der Waals surface area contributed by atoms with Gasteiger partial charge in [-0.1, -0.05) is 11.6 Å². The summed E-state index contributed by atoms with van der Waals surface area (Å²) < 4.78 is 4.45. The van der Waals surface area contributed by atoms with Crippen LogP contribution in [0.2, 0.25) is 0 Å². The Labute approximate surface area is 150 Å². The number of allylic oxidation sites excluding steroid dienone is 2. The molecule has 9 heteroatoms. The Bertz CT molecular complexity index is 985. The molecule has 0 bridgehead atoms. The average molecular weight is 360 g/mol. The molecule has 0 unspecified atom stereocenters. The standard InChI is InChI=1S/C17H24N6O3/c1-11(2)5-10-23-13-15(20(3)17(25)21(4)16(13)24)18-14(23)12-6-8-22(19-26)9-7-12/h5,12H,6-10H2,1-4H3. The maximum Gasteiger partial charge on any atom is 0.332 e. The molecule has 3 heterocycles. The fourth-order valence-corrected chi connectivity index (χ4v) is 3.44. The summed E-state index contributed by atoms with van der Waals surface area (Å²) in [7, 11) is 3.11. The van der Waals surface area contributed by atoms with Crippen molar-refractivity contribution >= 4 is 11.2 Å². The molecule has 0 aliphatic carbocycles. The SMILES string of the molecule is CC(C)=CCn1c(C2CCN(N=O)CC2)nc2c1c(=O)n(C)c(=O)n2C. The maximum absolute atomic E-state index is 12.8. The van der Waals surface area contributed by atoms with Crippen LogP contribution in [0.3, 0.4) is 0 Å². The molecule has 1 aliphatic heterocycles. The molecule has 2 aromatic heterocycles. The van der Waals surface area contributed by atoms with Gasteiger partial charge in [0.15, 0.2) is 11.2 Å². The fraction of sp³-hybridized carbons (Fsp3) is 0.588. The van der Waals surface area contributed by atoms with Crippen LogP contribution in [0.1, 0.15) is 38.4 Å². The highest BCUT2D eigenvalue weighted by Gasteiger charge is 2.27. The first kappa shape index (κ1) is 18.1. The smallest absolute Gasteiger partial charge is 0.318 e. The number of imidazole rings is 1. The Hall–Kier alpha value is -2.71. The first-order valence-corrected chi connectivity index (χ1v) is 8.72. The van der Waals surface area contributed by atoms with Gasteiger partial charge in [-0.3, -0.25) is 18.9 Å². The Balaban J connectivity index is 2.20. The first-order chi connectivity index (χ1) is 12.3. The second-order valence-electron chi connectivity index (χ2n) is 7.05. The fourth-order valence-electron chi connectivity index (χ4n) is 3.44. The van der Waals surface area contributed by atoms with Crippen LogP contribution in [0, 0.1) is 4.91 Å². The molecule has 140 valence electrons. The second-order valence-corrected chi connectivity index (χ2v) is 7.05. The summed E-state index contributed by atoms with van der Waals surface area (Å²) in [5.74, 6) is 0.909. The van der Waals surface area contributed by atoms with E-state index in [0.29, 0.717) is 30.8 Å². The van der Waals surface area contributed by atoms with Gasteiger partial charge in [0.2, 0.25) is 0 Å². The molecule has 0 N–H and O–H groups in total. The van der Waals surface area contributed by atoms with Gasteiger partial charge in [-0.15, -0.1) is 4.91 Å². The normalized spacial score (nSPS) is 15.5. The minimum atomic E-state index is -0.388. The summed E-state index contributed by atoms with van der Waals surface area (Å²) in [4.78, 5) is 40.4. The van der Waals surface area contributed by atoms with Gasteiger partial charge in [0.1, 0.15) is 5.82 Å². The summed E-state index contributed by atoms with van der Waals surface area (Å²) in [6.45, 7) is 5.66. The van der Waals surface area contributed by atoms with Gasteiger partial charge < -0.3 is 4.57 Å². The lowest BCUT2D eigenvalue weighted by Crippen LogP contribution is -2.37. The molecule has 26 heavy (non-hydrogen) atoms. The van der Waals surface area contributed by atoms with Gasteiger partial charge >= 0.3 is 5.69 Å². The van der Waals surface area contributed by atoms with Crippen LogP contribution < -0.4 is 11.2 Å². The van der Waals surface area contributed by atoms with Crippen LogP contribution >= 0.6 is 0 Å². The molecular formula is C17H24N6O3. The van der Waals surface area contributed by atoms with Gasteiger partial charge in [-0.05, 0) is 26.7 Å². The maximum atomic E-state index is 12.8. The van der Waals surface area contributed by atoms with E-state index in [0.717, 1.165) is 28.8 Å². The molecule has 0 saturated carbocycles. The summed E-state index contributed by atoms with van der Waals surface area (Å²) >= 11 is 0. The number of hydrogen-bond donors (Lipinski definition) is 0. The van der Waals surface area contributed by atoms with Crippen molar-refractivity contribution in [2.24, 2.45) is 19.4 Å². The average Bonchev–Trinajstić information content (AvgIpc) is 3.02.